The first-order valence-electron chi connectivity index (χ1n) is 25.6. The van der Waals surface area contributed by atoms with Crippen molar-refractivity contribution in [2.75, 3.05) is 18.9 Å². The number of aromatic hydroxyl groups is 3. The van der Waals surface area contributed by atoms with Crippen molar-refractivity contribution < 1.29 is 44.0 Å². The number of nitrogens with two attached hydrogens (primary N) is 1. The van der Waals surface area contributed by atoms with E-state index in [4.69, 9.17) is 34.7 Å². The first-order valence-corrected chi connectivity index (χ1v) is 25.6. The number of aryl methyl sites for hydroxylation is 2. The number of carbonyl (C=O) groups excluding carboxylic acids is 1. The highest BCUT2D eigenvalue weighted by molar-refractivity contribution is 5.82. The number of quaternary nitrogens is 1. The topological polar surface area (TPSA) is 220 Å². The number of piperidine rings is 1. The molecule has 5 fully saturated rings. The molecule has 8 N–H and O–H groups in total. The Morgan fingerprint density at radius 1 is 0.944 bits per heavy atom. The monoisotopic (exact) mass is 965 g/mol. The minimum atomic E-state index is -0.539. The molecular formula is C55H65N8O8+. The van der Waals surface area contributed by atoms with E-state index in [-0.39, 0.29) is 59.5 Å². The van der Waals surface area contributed by atoms with Crippen LogP contribution in [0.2, 0.25) is 0 Å². The second-order valence-corrected chi connectivity index (χ2v) is 20.6. The third kappa shape index (κ3) is 9.75. The summed E-state index contributed by atoms with van der Waals surface area (Å²) in [5.74, 6) is 2.38. The van der Waals surface area contributed by atoms with Gasteiger partial charge in [0.05, 0.1) is 30.3 Å². The molecule has 2 saturated carbocycles. The lowest BCUT2D eigenvalue weighted by Gasteiger charge is -2.63. The first kappa shape index (κ1) is 46.7. The molecule has 5 aliphatic heterocycles. The number of esters is 1. The van der Waals surface area contributed by atoms with Crippen molar-refractivity contribution in [1.29, 1.82) is 0 Å². The third-order valence-electron chi connectivity index (χ3n) is 16.2. The number of rotatable bonds is 15. The lowest BCUT2D eigenvalue weighted by Crippen LogP contribution is -3.20. The molecule has 71 heavy (non-hydrogen) atoms. The zero-order valence-corrected chi connectivity index (χ0v) is 40.2. The number of phenolic OH excluding ortho intramolecular Hbond substituents is 3. The predicted octanol–water partition coefficient (Wildman–Crippen LogP) is 5.92. The molecule has 16 heteroatoms. The van der Waals surface area contributed by atoms with Crippen molar-refractivity contribution in [2.45, 2.75) is 133 Å². The van der Waals surface area contributed by atoms with Crippen LogP contribution in [0.4, 0.5) is 5.82 Å². The zero-order chi connectivity index (χ0) is 48.6. The zero-order valence-electron chi connectivity index (χ0n) is 40.2. The van der Waals surface area contributed by atoms with Gasteiger partial charge in [-0.25, -0.2) is 4.98 Å². The van der Waals surface area contributed by atoms with Gasteiger partial charge < -0.3 is 50.6 Å². The number of benzene rings is 2. The van der Waals surface area contributed by atoms with Crippen molar-refractivity contribution in [3.8, 4) is 28.7 Å². The SMILES string of the molecule is CC(=O)O[C@@H]1C[C@H](CCc2ccc(O)c(O[C@@H]3CC[C@@H]4CC[C@H]5CC6C7=CC=NC7=C[NH+]6[C@@H]6NC(=NCCCc7ccnc(N)c7)N[C@]4(C3)[C@@H]56)c2)O[C@H](c2cc(O)c(O)c(OCCc3cccnc3)c2)C1. The summed E-state index contributed by atoms with van der Waals surface area (Å²) in [6.45, 7) is 2.33. The Bertz CT molecular complexity index is 2750. The summed E-state index contributed by atoms with van der Waals surface area (Å²) in [5, 5.41) is 40.9. The number of guanidine groups is 1. The van der Waals surface area contributed by atoms with E-state index < -0.39 is 12.2 Å². The van der Waals surface area contributed by atoms with Gasteiger partial charge in [0.2, 0.25) is 5.75 Å². The number of nitrogen functional groups attached to an aromatic ring is 1. The van der Waals surface area contributed by atoms with Gasteiger partial charge in [-0.05, 0) is 134 Å². The summed E-state index contributed by atoms with van der Waals surface area (Å²) in [4.78, 5) is 32.0. The Morgan fingerprint density at radius 2 is 1.83 bits per heavy atom. The average Bonchev–Trinajstić information content (AvgIpc) is 3.97. The van der Waals surface area contributed by atoms with Crippen LogP contribution in [0.3, 0.4) is 0 Å². The summed E-state index contributed by atoms with van der Waals surface area (Å²) in [5.41, 5.74) is 11.9. The number of pyridine rings is 2. The normalized spacial score (nSPS) is 30.6. The number of allylic oxidation sites excluding steroid dienone is 1. The minimum Gasteiger partial charge on any atom is -0.504 e. The second-order valence-electron chi connectivity index (χ2n) is 20.6. The lowest BCUT2D eigenvalue weighted by atomic mass is 9.52. The van der Waals surface area contributed by atoms with Gasteiger partial charge in [0.1, 0.15) is 36.0 Å². The van der Waals surface area contributed by atoms with Gasteiger partial charge in [-0.2, -0.15) is 0 Å². The van der Waals surface area contributed by atoms with Gasteiger partial charge in [0.15, 0.2) is 35.1 Å². The number of aliphatic imine (C=N–C) groups is 2. The molecule has 7 aliphatic rings. The first-order chi connectivity index (χ1) is 34.5. The second kappa shape index (κ2) is 19.9. The van der Waals surface area contributed by atoms with Gasteiger partial charge in [0, 0.05) is 76.0 Å². The van der Waals surface area contributed by atoms with Crippen molar-refractivity contribution >= 4 is 24.0 Å². The molecule has 0 bridgehead atoms. The molecule has 11 atom stereocenters. The predicted molar refractivity (Wildman–Crippen MR) is 266 cm³/mol. The van der Waals surface area contributed by atoms with E-state index in [1.54, 1.807) is 30.7 Å². The number of nitrogens with zero attached hydrogens (tertiary/aromatic N) is 4. The Morgan fingerprint density at radius 3 is 2.69 bits per heavy atom. The maximum Gasteiger partial charge on any atom is 0.302 e. The number of aromatic nitrogens is 2. The van der Waals surface area contributed by atoms with Gasteiger partial charge in [-0.3, -0.25) is 24.7 Å². The van der Waals surface area contributed by atoms with E-state index in [0.717, 1.165) is 73.3 Å². The van der Waals surface area contributed by atoms with Crippen molar-refractivity contribution in [1.82, 2.24) is 20.6 Å². The van der Waals surface area contributed by atoms with Crippen molar-refractivity contribution in [3.63, 3.8) is 0 Å². The van der Waals surface area contributed by atoms with Gasteiger partial charge in [-0.1, -0.05) is 12.1 Å². The Balaban J connectivity index is 0.788. The number of phenols is 3. The molecule has 2 aromatic heterocycles. The summed E-state index contributed by atoms with van der Waals surface area (Å²) in [6, 6.07) is 16.9. The molecule has 372 valence electrons. The van der Waals surface area contributed by atoms with Crippen LogP contribution in [0.1, 0.15) is 99.5 Å². The average molecular weight is 966 g/mol. The van der Waals surface area contributed by atoms with Crippen LogP contribution < -0.4 is 30.7 Å². The largest absolute Gasteiger partial charge is 0.504 e. The van der Waals surface area contributed by atoms with E-state index in [2.05, 4.69) is 32.9 Å². The Kier molecular flexibility index (Phi) is 13.1. The van der Waals surface area contributed by atoms with Gasteiger partial charge in [-0.15, -0.1) is 0 Å². The third-order valence-corrected chi connectivity index (χ3v) is 16.2. The fourth-order valence-electron chi connectivity index (χ4n) is 13.1. The van der Waals surface area contributed by atoms with Crippen LogP contribution in [-0.4, -0.2) is 92.6 Å². The maximum absolute atomic E-state index is 12.2. The highest BCUT2D eigenvalue weighted by Gasteiger charge is 2.66. The number of hydrogen-bond acceptors (Lipinski definition) is 13. The van der Waals surface area contributed by atoms with Crippen LogP contribution in [0.5, 0.6) is 28.7 Å². The molecule has 2 aromatic carbocycles. The van der Waals surface area contributed by atoms with E-state index >= 15 is 0 Å². The highest BCUT2D eigenvalue weighted by Crippen LogP contribution is 2.55. The van der Waals surface area contributed by atoms with Crippen LogP contribution >= 0.6 is 0 Å². The standard InChI is InChI=1S/C55H64N8O8/c1-32(64)69-41-27-39(70-47(28-41)37-25-46(66)52(67)49(26-37)68-21-16-35-5-2-17-57-30-35)11-6-34-7-13-45(65)48(22-34)71-40-12-10-38-9-8-36-24-44-42-15-20-58-43(42)31-63(44)53-51(36)55(38,29-40)62-54(61-53)60-18-3-4-33-14-19-59-50(56)23-33/h2,5,7,13-15,17,19-20,22-23,25-26,30-31,36,38-41,44,47,51,53,65-67H,3-4,6,8-12,16,18,21,24,27-29H2,1H3,(H2,56,59)(H2,60,61,62)/p+1/t36-,38-,39-,40+,41+,44?,47-,51-,53-,55-/m0/s1. The summed E-state index contributed by atoms with van der Waals surface area (Å²) < 4.78 is 25.3. The van der Waals surface area contributed by atoms with Crippen LogP contribution in [0, 0.1) is 17.8 Å². The highest BCUT2D eigenvalue weighted by atomic mass is 16.6. The fraction of sp³-hybridized carbons (Fsp3) is 0.473. The van der Waals surface area contributed by atoms with E-state index in [1.807, 2.05) is 42.6 Å². The number of hydrogen-bond donors (Lipinski definition) is 7. The van der Waals surface area contributed by atoms with Gasteiger partial charge in [0.25, 0.3) is 0 Å². The Hall–Kier alpha value is -6.65. The molecule has 4 aromatic rings. The molecule has 2 unspecified atom stereocenters. The number of carbonyl (C=O) groups is 1. The van der Waals surface area contributed by atoms with Crippen molar-refractivity contribution in [3.05, 3.63) is 119 Å². The molecule has 11 rings (SSSR count). The van der Waals surface area contributed by atoms with Crippen LogP contribution in [-0.2, 0) is 33.5 Å². The molecule has 3 saturated heterocycles. The molecule has 7 heterocycles. The number of nitrogens with one attached hydrogen (secondary N) is 3. The molecule has 16 nitrogen and oxygen atoms in total. The van der Waals surface area contributed by atoms with Gasteiger partial charge >= 0.3 is 5.97 Å². The molecule has 0 amide bonds. The fourth-order valence-corrected chi connectivity index (χ4v) is 13.1. The van der Waals surface area contributed by atoms with E-state index in [9.17, 15) is 20.1 Å². The lowest BCUT2D eigenvalue weighted by molar-refractivity contribution is -0.907. The minimum absolute atomic E-state index is 0.104. The summed E-state index contributed by atoms with van der Waals surface area (Å²) >= 11 is 0. The summed E-state index contributed by atoms with van der Waals surface area (Å²) in [7, 11) is 0. The molecule has 1 spiro atoms. The molecule has 0 radical (unpaired) electrons. The number of anilines is 1. The molecular weight excluding hydrogens is 901 g/mol. The van der Waals surface area contributed by atoms with E-state index in [0.29, 0.717) is 79.6 Å². The van der Waals surface area contributed by atoms with Crippen molar-refractivity contribution in [2.24, 2.45) is 27.7 Å². The quantitative estimate of drug-likeness (QED) is 0.0418. The van der Waals surface area contributed by atoms with Crippen LogP contribution in [0.25, 0.3) is 0 Å². The maximum atomic E-state index is 12.2. The van der Waals surface area contributed by atoms with E-state index in [1.165, 1.54) is 29.9 Å². The Labute approximate surface area is 414 Å². The number of fused-ring (bicyclic) bond motifs is 4. The van der Waals surface area contributed by atoms with Crippen LogP contribution in [0.15, 0.2) is 107 Å². The number of ether oxygens (including phenoxy) is 4. The smallest absolute Gasteiger partial charge is 0.302 e. The summed E-state index contributed by atoms with van der Waals surface area (Å²) in [6.07, 6.45) is 21.0. The molecule has 2 aliphatic carbocycles.